The van der Waals surface area contributed by atoms with E-state index in [0.717, 1.165) is 5.56 Å². The van der Waals surface area contributed by atoms with Gasteiger partial charge in [-0.15, -0.1) is 0 Å². The normalized spacial score (nSPS) is 11.9. The fraction of sp³-hybridized carbons (Fsp3) is 0.263. The van der Waals surface area contributed by atoms with Gasteiger partial charge in [0.05, 0.1) is 0 Å². The van der Waals surface area contributed by atoms with Gasteiger partial charge in [0, 0.05) is 0 Å². The molecule has 0 fully saturated rings. The van der Waals surface area contributed by atoms with Crippen molar-refractivity contribution in [1.29, 1.82) is 0 Å². The SMILES string of the molecule is [C-]#[N+]C[C@@H](COc1ccccc1OCc1ccccc1)NC(=O)C(F)(F)F. The number of nitrogens with zero attached hydrogens (tertiary/aromatic N) is 1. The van der Waals surface area contributed by atoms with E-state index in [-0.39, 0.29) is 19.8 Å². The number of halogens is 3. The highest BCUT2D eigenvalue weighted by atomic mass is 19.4. The second kappa shape index (κ2) is 9.48. The summed E-state index contributed by atoms with van der Waals surface area (Å²) in [7, 11) is 0. The molecule has 142 valence electrons. The Morgan fingerprint density at radius 3 is 2.22 bits per heavy atom. The van der Waals surface area contributed by atoms with Crippen LogP contribution in [0.5, 0.6) is 11.5 Å². The van der Waals surface area contributed by atoms with Crippen LogP contribution < -0.4 is 14.8 Å². The van der Waals surface area contributed by atoms with E-state index in [1.807, 2.05) is 30.3 Å². The Bertz CT molecular complexity index is 789. The summed E-state index contributed by atoms with van der Waals surface area (Å²) in [6, 6.07) is 15.0. The maximum absolute atomic E-state index is 12.4. The molecule has 0 aliphatic carbocycles. The summed E-state index contributed by atoms with van der Waals surface area (Å²) in [6.07, 6.45) is -5.02. The van der Waals surface area contributed by atoms with Crippen molar-refractivity contribution in [2.24, 2.45) is 0 Å². The Kier molecular flexibility index (Phi) is 7.06. The van der Waals surface area contributed by atoms with Gasteiger partial charge < -0.3 is 19.6 Å². The van der Waals surface area contributed by atoms with Gasteiger partial charge >= 0.3 is 12.1 Å². The van der Waals surface area contributed by atoms with Crippen LogP contribution >= 0.6 is 0 Å². The molecule has 0 aliphatic rings. The smallest absolute Gasteiger partial charge is 0.471 e. The molecule has 2 rings (SSSR count). The summed E-state index contributed by atoms with van der Waals surface area (Å²) in [5.41, 5.74) is 0.940. The third-order valence-electron chi connectivity index (χ3n) is 3.43. The van der Waals surface area contributed by atoms with E-state index in [0.29, 0.717) is 11.5 Å². The molecule has 0 spiro atoms. The van der Waals surface area contributed by atoms with Crippen LogP contribution in [-0.2, 0) is 11.4 Å². The highest BCUT2D eigenvalue weighted by molar-refractivity contribution is 5.82. The van der Waals surface area contributed by atoms with Crippen LogP contribution in [0.15, 0.2) is 54.6 Å². The van der Waals surface area contributed by atoms with Gasteiger partial charge in [0.2, 0.25) is 6.54 Å². The Balaban J connectivity index is 1.99. The molecule has 0 bridgehead atoms. The van der Waals surface area contributed by atoms with Gasteiger partial charge in [-0.2, -0.15) is 13.2 Å². The van der Waals surface area contributed by atoms with Crippen molar-refractivity contribution in [3.63, 3.8) is 0 Å². The number of para-hydroxylation sites is 2. The van der Waals surface area contributed by atoms with Crippen LogP contribution in [0.1, 0.15) is 5.56 Å². The first-order chi connectivity index (χ1) is 12.9. The molecule has 8 heteroatoms. The van der Waals surface area contributed by atoms with E-state index in [9.17, 15) is 18.0 Å². The van der Waals surface area contributed by atoms with Gasteiger partial charge in [-0.3, -0.25) is 4.79 Å². The number of hydrogen-bond acceptors (Lipinski definition) is 3. The first-order valence-electron chi connectivity index (χ1n) is 7.99. The first kappa shape index (κ1) is 20.1. The number of ether oxygens (including phenoxy) is 2. The predicted octanol–water partition coefficient (Wildman–Crippen LogP) is 3.61. The van der Waals surface area contributed by atoms with E-state index >= 15 is 0 Å². The fourth-order valence-electron chi connectivity index (χ4n) is 2.13. The van der Waals surface area contributed by atoms with E-state index in [1.165, 1.54) is 0 Å². The van der Waals surface area contributed by atoms with Gasteiger partial charge in [0.15, 0.2) is 11.5 Å². The van der Waals surface area contributed by atoms with Crippen molar-refractivity contribution in [1.82, 2.24) is 5.32 Å². The van der Waals surface area contributed by atoms with E-state index in [1.54, 1.807) is 29.6 Å². The van der Waals surface area contributed by atoms with Gasteiger partial charge in [0.25, 0.3) is 0 Å². The number of alkyl halides is 3. The number of benzene rings is 2. The van der Waals surface area contributed by atoms with Gasteiger partial charge in [-0.25, -0.2) is 6.57 Å². The highest BCUT2D eigenvalue weighted by Gasteiger charge is 2.40. The molecule has 0 heterocycles. The lowest BCUT2D eigenvalue weighted by atomic mass is 10.2. The van der Waals surface area contributed by atoms with Crippen molar-refractivity contribution in [2.75, 3.05) is 13.2 Å². The molecule has 0 saturated heterocycles. The topological polar surface area (TPSA) is 51.9 Å². The first-order valence-corrected chi connectivity index (χ1v) is 7.99. The van der Waals surface area contributed by atoms with E-state index in [2.05, 4.69) is 4.85 Å². The average Bonchev–Trinajstić information content (AvgIpc) is 2.65. The third-order valence-corrected chi connectivity index (χ3v) is 3.43. The lowest BCUT2D eigenvalue weighted by Crippen LogP contribution is -2.47. The van der Waals surface area contributed by atoms with Crippen LogP contribution in [0, 0.1) is 6.57 Å². The van der Waals surface area contributed by atoms with Crippen LogP contribution in [0.2, 0.25) is 0 Å². The van der Waals surface area contributed by atoms with Crippen molar-refractivity contribution >= 4 is 5.91 Å². The standard InChI is InChI=1S/C19H17F3N2O3/c1-23-11-15(24-18(25)19(20,21)22)13-27-17-10-6-5-9-16(17)26-12-14-7-3-2-4-8-14/h2-10,15H,11-13H2,(H,24,25)/t15-/m0/s1. The minimum atomic E-state index is -5.02. The molecule has 1 amide bonds. The molecule has 2 aromatic rings. The van der Waals surface area contributed by atoms with Crippen LogP contribution in [0.3, 0.4) is 0 Å². The Labute approximate surface area is 154 Å². The third kappa shape index (κ3) is 6.55. The molecular weight excluding hydrogens is 361 g/mol. The molecule has 0 unspecified atom stereocenters. The minimum absolute atomic E-state index is 0.289. The zero-order chi connectivity index (χ0) is 19.7. The summed E-state index contributed by atoms with van der Waals surface area (Å²) < 4.78 is 48.4. The highest BCUT2D eigenvalue weighted by Crippen LogP contribution is 2.27. The quantitative estimate of drug-likeness (QED) is 0.714. The molecule has 0 saturated carbocycles. The Hall–Kier alpha value is -3.21. The summed E-state index contributed by atoms with van der Waals surface area (Å²) >= 11 is 0. The second-order valence-electron chi connectivity index (χ2n) is 5.54. The number of amides is 1. The van der Waals surface area contributed by atoms with Crippen molar-refractivity contribution in [3.05, 3.63) is 71.6 Å². The zero-order valence-corrected chi connectivity index (χ0v) is 14.2. The summed E-state index contributed by atoms with van der Waals surface area (Å²) in [6.45, 7) is 6.49. The Morgan fingerprint density at radius 1 is 1.04 bits per heavy atom. The van der Waals surface area contributed by atoms with E-state index in [4.69, 9.17) is 16.0 Å². The molecule has 1 N–H and O–H groups in total. The molecule has 27 heavy (non-hydrogen) atoms. The lowest BCUT2D eigenvalue weighted by molar-refractivity contribution is -0.174. The van der Waals surface area contributed by atoms with Crippen molar-refractivity contribution in [3.8, 4) is 11.5 Å². The molecule has 2 aromatic carbocycles. The summed E-state index contributed by atoms with van der Waals surface area (Å²) in [5.74, 6) is -1.39. The summed E-state index contributed by atoms with van der Waals surface area (Å²) in [5, 5.41) is 1.76. The molecule has 0 aliphatic heterocycles. The monoisotopic (exact) mass is 378 g/mol. The van der Waals surface area contributed by atoms with Crippen LogP contribution in [0.4, 0.5) is 13.2 Å². The number of carbonyl (C=O) groups is 1. The number of nitrogens with one attached hydrogen (secondary N) is 1. The Morgan fingerprint density at radius 2 is 1.63 bits per heavy atom. The maximum atomic E-state index is 12.4. The van der Waals surface area contributed by atoms with E-state index < -0.39 is 18.1 Å². The molecule has 0 radical (unpaired) electrons. The fourth-order valence-corrected chi connectivity index (χ4v) is 2.13. The molecule has 0 aromatic heterocycles. The molecule has 5 nitrogen and oxygen atoms in total. The average molecular weight is 378 g/mol. The van der Waals surface area contributed by atoms with Crippen LogP contribution in [-0.4, -0.2) is 31.3 Å². The second-order valence-corrected chi connectivity index (χ2v) is 5.54. The van der Waals surface area contributed by atoms with Gasteiger partial charge in [0.1, 0.15) is 19.3 Å². The van der Waals surface area contributed by atoms with Crippen molar-refractivity contribution in [2.45, 2.75) is 18.8 Å². The minimum Gasteiger partial charge on any atom is -0.487 e. The number of carbonyl (C=O) groups excluding carboxylic acids is 1. The zero-order valence-electron chi connectivity index (χ0n) is 14.2. The molecular formula is C19H17F3N2O3. The van der Waals surface area contributed by atoms with Gasteiger partial charge in [-0.05, 0) is 17.7 Å². The molecule has 1 atom stereocenters. The number of hydrogen-bond donors (Lipinski definition) is 1. The predicted molar refractivity (Wildman–Crippen MR) is 92.2 cm³/mol. The van der Waals surface area contributed by atoms with Crippen LogP contribution in [0.25, 0.3) is 4.85 Å². The lowest BCUT2D eigenvalue weighted by Gasteiger charge is -2.17. The summed E-state index contributed by atoms with van der Waals surface area (Å²) in [4.78, 5) is 14.1. The van der Waals surface area contributed by atoms with Gasteiger partial charge in [-0.1, -0.05) is 42.5 Å². The van der Waals surface area contributed by atoms with Crippen molar-refractivity contribution < 1.29 is 27.4 Å². The number of rotatable bonds is 8. The largest absolute Gasteiger partial charge is 0.487 e. The maximum Gasteiger partial charge on any atom is 0.471 e.